The lowest BCUT2D eigenvalue weighted by atomic mass is 10.0. The van der Waals surface area contributed by atoms with Gasteiger partial charge < -0.3 is 4.74 Å². The van der Waals surface area contributed by atoms with Crippen LogP contribution in [0.5, 0.6) is 5.88 Å². The smallest absolute Gasteiger partial charge is 0.422 e. The fourth-order valence-corrected chi connectivity index (χ4v) is 4.20. The molecule has 0 aliphatic carbocycles. The van der Waals surface area contributed by atoms with Gasteiger partial charge in [-0.1, -0.05) is 30.3 Å². The maximum atomic E-state index is 14.0. The highest BCUT2D eigenvalue weighted by molar-refractivity contribution is 8.14. The minimum Gasteiger partial charge on any atom is -0.468 e. The molecule has 31 heavy (non-hydrogen) atoms. The van der Waals surface area contributed by atoms with E-state index in [1.807, 2.05) is 24.3 Å². The number of nitrogens with zero attached hydrogens (tertiary/aromatic N) is 2. The van der Waals surface area contributed by atoms with E-state index in [2.05, 4.69) is 14.7 Å². The fraction of sp³-hybridized carbons (Fsp3) is 0.182. The number of ether oxygens (including phenoxy) is 1. The second-order valence-electron chi connectivity index (χ2n) is 6.77. The van der Waals surface area contributed by atoms with Crippen LogP contribution in [0, 0.1) is 11.6 Å². The molecule has 0 saturated heterocycles. The molecule has 0 spiro atoms. The molecule has 9 heteroatoms. The lowest BCUT2D eigenvalue weighted by molar-refractivity contribution is -0.154. The largest absolute Gasteiger partial charge is 0.468 e. The van der Waals surface area contributed by atoms with Crippen molar-refractivity contribution in [1.82, 2.24) is 4.98 Å². The van der Waals surface area contributed by atoms with Gasteiger partial charge in [-0.3, -0.25) is 4.99 Å². The maximum Gasteiger partial charge on any atom is 0.422 e. The third-order valence-electron chi connectivity index (χ3n) is 4.58. The molecular weight excluding hydrogens is 435 g/mol. The molecule has 2 heterocycles. The van der Waals surface area contributed by atoms with Crippen LogP contribution in [0.3, 0.4) is 0 Å². The first kappa shape index (κ1) is 21.3. The van der Waals surface area contributed by atoms with Crippen LogP contribution >= 0.6 is 11.8 Å². The topological polar surface area (TPSA) is 34.5 Å². The van der Waals surface area contributed by atoms with Gasteiger partial charge in [0.05, 0.1) is 11.6 Å². The lowest BCUT2D eigenvalue weighted by Gasteiger charge is -2.10. The second-order valence-corrected chi connectivity index (χ2v) is 7.78. The number of hydrogen-bond acceptors (Lipinski definition) is 4. The molecule has 1 atom stereocenters. The van der Waals surface area contributed by atoms with Gasteiger partial charge in [0.25, 0.3) is 0 Å². The van der Waals surface area contributed by atoms with Crippen LogP contribution in [0.1, 0.15) is 17.2 Å². The molecule has 1 unspecified atom stereocenters. The molecule has 3 aromatic rings. The Labute approximate surface area is 179 Å². The van der Waals surface area contributed by atoms with E-state index in [0.717, 1.165) is 11.1 Å². The van der Waals surface area contributed by atoms with Gasteiger partial charge in [-0.05, 0) is 29.3 Å². The van der Waals surface area contributed by atoms with Gasteiger partial charge in [0, 0.05) is 23.6 Å². The predicted molar refractivity (Wildman–Crippen MR) is 109 cm³/mol. The summed E-state index contributed by atoms with van der Waals surface area (Å²) in [5.74, 6) is -0.826. The van der Waals surface area contributed by atoms with Gasteiger partial charge in [0.2, 0.25) is 5.88 Å². The number of hydrogen-bond donors (Lipinski definition) is 0. The fourth-order valence-electron chi connectivity index (χ4n) is 3.07. The molecular formula is C22H15F5N2OS. The maximum absolute atomic E-state index is 14.0. The SMILES string of the molecule is Fc1cccc(F)c1C1=NC(c2ccc(-c3ccc(OCC(F)(F)F)nc3)cc2)CS1. The number of alkyl halides is 3. The highest BCUT2D eigenvalue weighted by Crippen LogP contribution is 2.35. The van der Waals surface area contributed by atoms with Crippen molar-refractivity contribution in [3.8, 4) is 17.0 Å². The van der Waals surface area contributed by atoms with Gasteiger partial charge in [0.15, 0.2) is 6.61 Å². The minimum atomic E-state index is -4.42. The molecule has 1 aliphatic heterocycles. The summed E-state index contributed by atoms with van der Waals surface area (Å²) in [6, 6.07) is 13.9. The monoisotopic (exact) mass is 450 g/mol. The van der Waals surface area contributed by atoms with Crippen LogP contribution in [0.15, 0.2) is 65.8 Å². The van der Waals surface area contributed by atoms with Crippen molar-refractivity contribution in [3.63, 3.8) is 0 Å². The van der Waals surface area contributed by atoms with E-state index in [4.69, 9.17) is 0 Å². The highest BCUT2D eigenvalue weighted by Gasteiger charge is 2.28. The van der Waals surface area contributed by atoms with Gasteiger partial charge in [-0.2, -0.15) is 13.2 Å². The Hall–Kier alpha value is -2.94. The van der Waals surface area contributed by atoms with Crippen molar-refractivity contribution >= 4 is 16.8 Å². The van der Waals surface area contributed by atoms with Gasteiger partial charge in [-0.25, -0.2) is 13.8 Å². The molecule has 160 valence electrons. The van der Waals surface area contributed by atoms with E-state index in [0.29, 0.717) is 16.4 Å². The Kier molecular flexibility index (Phi) is 5.95. The standard InChI is InChI=1S/C22H15F5N2OS/c23-16-2-1-3-17(24)20(16)21-29-18(11-31-21)14-6-4-13(5-7-14)15-8-9-19(28-10-15)30-12-22(25,26)27/h1-10,18H,11-12H2. The molecule has 2 aromatic carbocycles. The van der Waals surface area contributed by atoms with E-state index in [1.54, 1.807) is 6.07 Å². The minimum absolute atomic E-state index is 0.106. The summed E-state index contributed by atoms with van der Waals surface area (Å²) in [5, 5.41) is 0.336. The van der Waals surface area contributed by atoms with Crippen LogP contribution in [-0.2, 0) is 0 Å². The van der Waals surface area contributed by atoms with Crippen LogP contribution in [0.25, 0.3) is 11.1 Å². The average molecular weight is 450 g/mol. The second kappa shape index (κ2) is 8.66. The molecule has 0 amide bonds. The van der Waals surface area contributed by atoms with Crippen molar-refractivity contribution in [2.24, 2.45) is 4.99 Å². The summed E-state index contributed by atoms with van der Waals surface area (Å²) >= 11 is 1.30. The number of aromatic nitrogens is 1. The summed E-state index contributed by atoms with van der Waals surface area (Å²) in [6.45, 7) is -1.40. The lowest BCUT2D eigenvalue weighted by Crippen LogP contribution is -2.19. The van der Waals surface area contributed by atoms with E-state index in [1.165, 1.54) is 42.2 Å². The summed E-state index contributed by atoms with van der Waals surface area (Å²) in [5.41, 5.74) is 2.31. The molecule has 0 saturated carbocycles. The summed E-state index contributed by atoms with van der Waals surface area (Å²) in [4.78, 5) is 8.38. The van der Waals surface area contributed by atoms with E-state index < -0.39 is 24.4 Å². The molecule has 0 N–H and O–H groups in total. The third kappa shape index (κ3) is 5.04. The Balaban J connectivity index is 1.47. The zero-order valence-electron chi connectivity index (χ0n) is 15.9. The van der Waals surface area contributed by atoms with Crippen molar-refractivity contribution in [1.29, 1.82) is 0 Å². The van der Waals surface area contributed by atoms with Crippen molar-refractivity contribution < 1.29 is 26.7 Å². The zero-order valence-corrected chi connectivity index (χ0v) is 16.7. The first-order chi connectivity index (χ1) is 14.8. The first-order valence-electron chi connectivity index (χ1n) is 9.21. The Bertz CT molecular complexity index is 1080. The molecule has 1 aromatic heterocycles. The predicted octanol–water partition coefficient (Wildman–Crippen LogP) is 6.20. The average Bonchev–Trinajstić information content (AvgIpc) is 3.22. The number of halogens is 5. The van der Waals surface area contributed by atoms with Crippen LogP contribution in [-0.4, -0.2) is 28.6 Å². The number of benzene rings is 2. The van der Waals surface area contributed by atoms with Gasteiger partial charge in [0.1, 0.15) is 16.7 Å². The highest BCUT2D eigenvalue weighted by atomic mass is 32.2. The normalized spacial score (nSPS) is 16.3. The quantitative estimate of drug-likeness (QED) is 0.434. The van der Waals surface area contributed by atoms with Crippen molar-refractivity contribution in [2.75, 3.05) is 12.4 Å². The summed E-state index contributed by atoms with van der Waals surface area (Å²) in [7, 11) is 0. The molecule has 3 nitrogen and oxygen atoms in total. The van der Waals surface area contributed by atoms with E-state index in [9.17, 15) is 22.0 Å². The van der Waals surface area contributed by atoms with Crippen molar-refractivity contribution in [3.05, 3.63) is 83.6 Å². The van der Waals surface area contributed by atoms with Crippen LogP contribution < -0.4 is 4.74 Å². The van der Waals surface area contributed by atoms with Crippen molar-refractivity contribution in [2.45, 2.75) is 12.2 Å². The number of pyridine rings is 1. The van der Waals surface area contributed by atoms with Crippen LogP contribution in [0.2, 0.25) is 0 Å². The van der Waals surface area contributed by atoms with E-state index >= 15 is 0 Å². The van der Waals surface area contributed by atoms with Gasteiger partial charge in [-0.15, -0.1) is 11.8 Å². The molecule has 4 rings (SSSR count). The Morgan fingerprint density at radius 3 is 2.23 bits per heavy atom. The number of thioether (sulfide) groups is 1. The summed E-state index contributed by atoms with van der Waals surface area (Å²) < 4.78 is 69.2. The van der Waals surface area contributed by atoms with Gasteiger partial charge >= 0.3 is 6.18 Å². The van der Waals surface area contributed by atoms with Crippen LogP contribution in [0.4, 0.5) is 22.0 Å². The Morgan fingerprint density at radius 1 is 0.935 bits per heavy atom. The molecule has 0 radical (unpaired) electrons. The van der Waals surface area contributed by atoms with E-state index in [-0.39, 0.29) is 17.5 Å². The zero-order chi connectivity index (χ0) is 22.0. The molecule has 0 fully saturated rings. The molecule has 1 aliphatic rings. The first-order valence-corrected chi connectivity index (χ1v) is 10.2. The molecule has 0 bridgehead atoms. The third-order valence-corrected chi connectivity index (χ3v) is 5.64. The number of rotatable bonds is 5. The Morgan fingerprint density at radius 2 is 1.61 bits per heavy atom. The summed E-state index contributed by atoms with van der Waals surface area (Å²) in [6.07, 6.45) is -2.99. The number of aliphatic imine (C=N–C) groups is 1.